The summed E-state index contributed by atoms with van der Waals surface area (Å²) in [6, 6.07) is 0.663. The third-order valence-electron chi connectivity index (χ3n) is 5.04. The Kier molecular flexibility index (Phi) is 7.55. The molecule has 0 aromatic carbocycles. The SMILES string of the molecule is CCC(CNC(=NC)N1CCC(NC(=O)OC(C)(C)C)C1)N1CCCC1. The number of nitrogens with zero attached hydrogens (tertiary/aromatic N) is 3. The summed E-state index contributed by atoms with van der Waals surface area (Å²) < 4.78 is 5.35. The summed E-state index contributed by atoms with van der Waals surface area (Å²) in [7, 11) is 1.83. The van der Waals surface area contributed by atoms with Crippen LogP contribution in [0.2, 0.25) is 0 Å². The molecule has 150 valence electrons. The van der Waals surface area contributed by atoms with Crippen LogP contribution in [-0.2, 0) is 4.74 Å². The van der Waals surface area contributed by atoms with Crippen LogP contribution in [0.5, 0.6) is 0 Å². The van der Waals surface area contributed by atoms with E-state index in [1.807, 2.05) is 27.8 Å². The summed E-state index contributed by atoms with van der Waals surface area (Å²) in [5.41, 5.74) is -0.468. The summed E-state index contributed by atoms with van der Waals surface area (Å²) in [6.45, 7) is 12.9. The van der Waals surface area contributed by atoms with E-state index < -0.39 is 5.60 Å². The van der Waals surface area contributed by atoms with E-state index in [4.69, 9.17) is 4.74 Å². The fraction of sp³-hybridized carbons (Fsp3) is 0.895. The minimum absolute atomic E-state index is 0.101. The highest BCUT2D eigenvalue weighted by Gasteiger charge is 2.28. The molecule has 7 nitrogen and oxygen atoms in total. The van der Waals surface area contributed by atoms with E-state index in [0.717, 1.165) is 38.4 Å². The maximum atomic E-state index is 12.0. The first-order chi connectivity index (χ1) is 12.3. The molecule has 0 bridgehead atoms. The molecular weight excluding hydrogens is 330 g/mol. The molecule has 0 aromatic rings. The molecule has 0 spiro atoms. The first-order valence-electron chi connectivity index (χ1n) is 10.0. The lowest BCUT2D eigenvalue weighted by atomic mass is 10.2. The number of aliphatic imine (C=N–C) groups is 1. The molecule has 1 amide bonds. The Morgan fingerprint density at radius 3 is 2.54 bits per heavy atom. The Balaban J connectivity index is 1.78. The number of ether oxygens (including phenoxy) is 1. The molecule has 7 heteroatoms. The summed E-state index contributed by atoms with van der Waals surface area (Å²) in [6.07, 6.45) is 4.34. The van der Waals surface area contributed by atoms with Gasteiger partial charge in [-0.15, -0.1) is 0 Å². The zero-order valence-corrected chi connectivity index (χ0v) is 17.2. The fourth-order valence-electron chi connectivity index (χ4n) is 3.72. The van der Waals surface area contributed by atoms with Crippen molar-refractivity contribution in [3.63, 3.8) is 0 Å². The normalized spacial score (nSPS) is 23.2. The molecular formula is C19H37N5O2. The highest BCUT2D eigenvalue weighted by atomic mass is 16.6. The molecule has 0 aromatic heterocycles. The Hall–Kier alpha value is -1.50. The largest absolute Gasteiger partial charge is 0.444 e. The van der Waals surface area contributed by atoms with Gasteiger partial charge in [0.1, 0.15) is 5.60 Å². The van der Waals surface area contributed by atoms with Gasteiger partial charge in [0.2, 0.25) is 0 Å². The average Bonchev–Trinajstić information content (AvgIpc) is 3.22. The van der Waals surface area contributed by atoms with Gasteiger partial charge in [0.25, 0.3) is 0 Å². The molecule has 0 aliphatic carbocycles. The van der Waals surface area contributed by atoms with Crippen LogP contribution >= 0.6 is 0 Å². The van der Waals surface area contributed by atoms with Gasteiger partial charge in [0, 0.05) is 32.7 Å². The fourth-order valence-corrected chi connectivity index (χ4v) is 3.72. The molecule has 2 N–H and O–H groups in total. The number of carbonyl (C=O) groups is 1. The molecule has 2 fully saturated rings. The van der Waals surface area contributed by atoms with Crippen molar-refractivity contribution >= 4 is 12.1 Å². The minimum Gasteiger partial charge on any atom is -0.444 e. The highest BCUT2D eigenvalue weighted by molar-refractivity contribution is 5.80. The van der Waals surface area contributed by atoms with E-state index in [1.54, 1.807) is 0 Å². The lowest BCUT2D eigenvalue weighted by Crippen LogP contribution is -2.48. The monoisotopic (exact) mass is 367 g/mol. The van der Waals surface area contributed by atoms with E-state index in [1.165, 1.54) is 25.9 Å². The van der Waals surface area contributed by atoms with Crippen LogP contribution in [0, 0.1) is 0 Å². The van der Waals surface area contributed by atoms with E-state index in [9.17, 15) is 4.79 Å². The average molecular weight is 368 g/mol. The van der Waals surface area contributed by atoms with Gasteiger partial charge in [-0.05, 0) is 59.5 Å². The third kappa shape index (κ3) is 6.34. The Bertz CT molecular complexity index is 483. The quantitative estimate of drug-likeness (QED) is 0.575. The number of hydrogen-bond donors (Lipinski definition) is 2. The summed E-state index contributed by atoms with van der Waals surface area (Å²) in [5.74, 6) is 0.927. The third-order valence-corrected chi connectivity index (χ3v) is 5.04. The predicted molar refractivity (Wildman–Crippen MR) is 106 cm³/mol. The van der Waals surface area contributed by atoms with Crippen molar-refractivity contribution in [3.8, 4) is 0 Å². The molecule has 2 aliphatic rings. The van der Waals surface area contributed by atoms with Crippen molar-refractivity contribution < 1.29 is 9.53 Å². The smallest absolute Gasteiger partial charge is 0.407 e. The first-order valence-corrected chi connectivity index (χ1v) is 10.0. The van der Waals surface area contributed by atoms with E-state index in [-0.39, 0.29) is 12.1 Å². The van der Waals surface area contributed by atoms with Crippen LogP contribution in [0.1, 0.15) is 53.4 Å². The summed E-state index contributed by atoms with van der Waals surface area (Å²) in [4.78, 5) is 21.2. The van der Waals surface area contributed by atoms with Gasteiger partial charge < -0.3 is 20.3 Å². The molecule has 0 radical (unpaired) electrons. The second kappa shape index (κ2) is 9.44. The molecule has 2 rings (SSSR count). The Labute approximate surface area is 158 Å². The van der Waals surface area contributed by atoms with Crippen LogP contribution in [0.25, 0.3) is 0 Å². The van der Waals surface area contributed by atoms with Crippen LogP contribution in [0.4, 0.5) is 4.79 Å². The molecule has 0 saturated carbocycles. The van der Waals surface area contributed by atoms with Crippen molar-refractivity contribution in [1.82, 2.24) is 20.4 Å². The second-order valence-electron chi connectivity index (χ2n) is 8.31. The summed E-state index contributed by atoms with van der Waals surface area (Å²) >= 11 is 0. The van der Waals surface area contributed by atoms with Gasteiger partial charge in [-0.3, -0.25) is 9.89 Å². The molecule has 2 unspecified atom stereocenters. The van der Waals surface area contributed by atoms with Gasteiger partial charge in [-0.2, -0.15) is 0 Å². The number of hydrogen-bond acceptors (Lipinski definition) is 4. The lowest BCUT2D eigenvalue weighted by molar-refractivity contribution is 0.0507. The Morgan fingerprint density at radius 2 is 1.96 bits per heavy atom. The van der Waals surface area contributed by atoms with Crippen molar-refractivity contribution in [2.24, 2.45) is 4.99 Å². The van der Waals surface area contributed by atoms with Gasteiger partial charge >= 0.3 is 6.09 Å². The number of rotatable bonds is 5. The molecule has 26 heavy (non-hydrogen) atoms. The van der Waals surface area contributed by atoms with Crippen LogP contribution in [0.3, 0.4) is 0 Å². The number of carbonyl (C=O) groups excluding carboxylic acids is 1. The number of nitrogens with one attached hydrogen (secondary N) is 2. The lowest BCUT2D eigenvalue weighted by Gasteiger charge is -2.29. The molecule has 2 heterocycles. The van der Waals surface area contributed by atoms with E-state index in [0.29, 0.717) is 6.04 Å². The Morgan fingerprint density at radius 1 is 1.27 bits per heavy atom. The number of amides is 1. The maximum absolute atomic E-state index is 12.0. The molecule has 2 atom stereocenters. The number of likely N-dealkylation sites (tertiary alicyclic amines) is 2. The zero-order chi connectivity index (χ0) is 19.2. The van der Waals surface area contributed by atoms with E-state index in [2.05, 4.69) is 32.3 Å². The van der Waals surface area contributed by atoms with Gasteiger partial charge in [-0.25, -0.2) is 4.79 Å². The first kappa shape index (κ1) is 20.8. The minimum atomic E-state index is -0.468. The standard InChI is InChI=1S/C19H37N5O2/c1-6-16(23-10-7-8-11-23)13-21-17(20-5)24-12-9-15(14-24)22-18(25)26-19(2,3)4/h15-16H,6-14H2,1-5H3,(H,20,21)(H,22,25). The van der Waals surface area contributed by atoms with Crippen molar-refractivity contribution in [2.75, 3.05) is 39.8 Å². The van der Waals surface area contributed by atoms with Crippen molar-refractivity contribution in [1.29, 1.82) is 0 Å². The topological polar surface area (TPSA) is 69.2 Å². The van der Waals surface area contributed by atoms with Crippen LogP contribution in [-0.4, -0.2) is 79.3 Å². The zero-order valence-electron chi connectivity index (χ0n) is 17.2. The second-order valence-corrected chi connectivity index (χ2v) is 8.31. The van der Waals surface area contributed by atoms with Crippen LogP contribution < -0.4 is 10.6 Å². The number of alkyl carbamates (subject to hydrolysis) is 1. The van der Waals surface area contributed by atoms with E-state index >= 15 is 0 Å². The van der Waals surface area contributed by atoms with Gasteiger partial charge in [0.05, 0.1) is 6.04 Å². The van der Waals surface area contributed by atoms with Gasteiger partial charge in [-0.1, -0.05) is 6.92 Å². The van der Waals surface area contributed by atoms with Gasteiger partial charge in [0.15, 0.2) is 5.96 Å². The summed E-state index contributed by atoms with van der Waals surface area (Å²) in [5, 5.41) is 6.51. The molecule has 2 aliphatic heterocycles. The van der Waals surface area contributed by atoms with Crippen LogP contribution in [0.15, 0.2) is 4.99 Å². The number of guanidine groups is 1. The maximum Gasteiger partial charge on any atom is 0.407 e. The van der Waals surface area contributed by atoms with Crippen molar-refractivity contribution in [3.05, 3.63) is 0 Å². The molecule has 2 saturated heterocycles. The van der Waals surface area contributed by atoms with Crippen molar-refractivity contribution in [2.45, 2.75) is 71.1 Å². The predicted octanol–water partition coefficient (Wildman–Crippen LogP) is 2.04. The highest BCUT2D eigenvalue weighted by Crippen LogP contribution is 2.15.